The molecular formula is C11H18N2O2S. The average molecular weight is 242 g/mol. The molecule has 0 saturated carbocycles. The SMILES string of the molecule is CCOC(=O)C1(CN=C(N)SC)CC=CC1. The summed E-state index contributed by atoms with van der Waals surface area (Å²) in [5, 5.41) is 0.510. The molecule has 0 bridgehead atoms. The maximum absolute atomic E-state index is 11.9. The summed E-state index contributed by atoms with van der Waals surface area (Å²) >= 11 is 1.39. The van der Waals surface area contributed by atoms with Crippen LogP contribution in [-0.4, -0.2) is 30.5 Å². The molecule has 0 radical (unpaired) electrons. The van der Waals surface area contributed by atoms with Crippen LogP contribution in [0, 0.1) is 5.41 Å². The number of nitrogens with two attached hydrogens (primary N) is 1. The first-order chi connectivity index (χ1) is 7.64. The van der Waals surface area contributed by atoms with Gasteiger partial charge in [-0.1, -0.05) is 23.9 Å². The van der Waals surface area contributed by atoms with Gasteiger partial charge < -0.3 is 10.5 Å². The monoisotopic (exact) mass is 242 g/mol. The molecule has 0 heterocycles. The van der Waals surface area contributed by atoms with Crippen LogP contribution in [0.25, 0.3) is 0 Å². The van der Waals surface area contributed by atoms with Crippen molar-refractivity contribution in [1.29, 1.82) is 0 Å². The van der Waals surface area contributed by atoms with Crippen LogP contribution in [0.15, 0.2) is 17.1 Å². The van der Waals surface area contributed by atoms with Crippen LogP contribution in [-0.2, 0) is 9.53 Å². The van der Waals surface area contributed by atoms with Gasteiger partial charge in [-0.25, -0.2) is 0 Å². The van der Waals surface area contributed by atoms with E-state index in [4.69, 9.17) is 10.5 Å². The number of allylic oxidation sites excluding steroid dienone is 2. The van der Waals surface area contributed by atoms with E-state index < -0.39 is 5.41 Å². The summed E-state index contributed by atoms with van der Waals surface area (Å²) in [7, 11) is 0. The lowest BCUT2D eigenvalue weighted by Gasteiger charge is -2.24. The average Bonchev–Trinajstić information content (AvgIpc) is 2.76. The number of hydrogen-bond donors (Lipinski definition) is 1. The van der Waals surface area contributed by atoms with Gasteiger partial charge in [0.05, 0.1) is 18.6 Å². The zero-order chi connectivity index (χ0) is 12.0. The van der Waals surface area contributed by atoms with Gasteiger partial charge in [-0.2, -0.15) is 0 Å². The molecule has 0 spiro atoms. The highest BCUT2D eigenvalue weighted by Gasteiger charge is 2.40. The summed E-state index contributed by atoms with van der Waals surface area (Å²) in [5.41, 5.74) is 5.11. The smallest absolute Gasteiger partial charge is 0.314 e. The molecule has 0 aromatic heterocycles. The van der Waals surface area contributed by atoms with Gasteiger partial charge in [0.2, 0.25) is 0 Å². The Balaban J connectivity index is 2.70. The summed E-state index contributed by atoms with van der Waals surface area (Å²) in [6, 6.07) is 0. The second-order valence-electron chi connectivity index (χ2n) is 3.74. The van der Waals surface area contributed by atoms with E-state index in [0.717, 1.165) is 0 Å². The van der Waals surface area contributed by atoms with Crippen LogP contribution in [0.4, 0.5) is 0 Å². The number of nitrogens with zero attached hydrogens (tertiary/aromatic N) is 1. The Morgan fingerprint density at radius 3 is 2.69 bits per heavy atom. The molecule has 0 aromatic rings. The number of amidine groups is 1. The Hall–Kier alpha value is -0.970. The number of carbonyl (C=O) groups excluding carboxylic acids is 1. The van der Waals surface area contributed by atoms with Crippen LogP contribution in [0.5, 0.6) is 0 Å². The molecule has 0 amide bonds. The molecule has 0 aromatic carbocycles. The van der Waals surface area contributed by atoms with Crippen molar-refractivity contribution in [3.05, 3.63) is 12.2 Å². The van der Waals surface area contributed by atoms with E-state index in [1.165, 1.54) is 11.8 Å². The van der Waals surface area contributed by atoms with Crippen molar-refractivity contribution >= 4 is 22.9 Å². The first-order valence-corrected chi connectivity index (χ1v) is 6.53. The second-order valence-corrected chi connectivity index (χ2v) is 4.57. The molecule has 0 fully saturated rings. The highest BCUT2D eigenvalue weighted by atomic mass is 32.2. The topological polar surface area (TPSA) is 64.7 Å². The molecule has 2 N–H and O–H groups in total. The van der Waals surface area contributed by atoms with Gasteiger partial charge in [-0.15, -0.1) is 0 Å². The van der Waals surface area contributed by atoms with Crippen LogP contribution in [0.3, 0.4) is 0 Å². The molecule has 1 aliphatic carbocycles. The summed E-state index contributed by atoms with van der Waals surface area (Å²) in [4.78, 5) is 16.1. The maximum atomic E-state index is 11.9. The Kier molecular flexibility index (Phi) is 4.86. The zero-order valence-corrected chi connectivity index (χ0v) is 10.5. The highest BCUT2D eigenvalue weighted by Crippen LogP contribution is 2.35. The summed E-state index contributed by atoms with van der Waals surface area (Å²) in [6.45, 7) is 2.63. The minimum atomic E-state index is -0.518. The first-order valence-electron chi connectivity index (χ1n) is 5.31. The molecule has 1 aliphatic rings. The summed E-state index contributed by atoms with van der Waals surface area (Å²) in [6.07, 6.45) is 7.25. The molecule has 0 saturated heterocycles. The minimum Gasteiger partial charge on any atom is -0.465 e. The van der Waals surface area contributed by atoms with E-state index in [9.17, 15) is 4.79 Å². The number of thioether (sulfide) groups is 1. The molecule has 4 nitrogen and oxygen atoms in total. The summed E-state index contributed by atoms with van der Waals surface area (Å²) in [5.74, 6) is -0.169. The van der Waals surface area contributed by atoms with Crippen molar-refractivity contribution in [3.63, 3.8) is 0 Å². The number of hydrogen-bond acceptors (Lipinski definition) is 4. The van der Waals surface area contributed by atoms with E-state index in [1.54, 1.807) is 0 Å². The third-order valence-electron chi connectivity index (χ3n) is 2.64. The van der Waals surface area contributed by atoms with Gasteiger partial charge in [0.1, 0.15) is 0 Å². The quantitative estimate of drug-likeness (QED) is 0.352. The number of rotatable bonds is 4. The van der Waals surface area contributed by atoms with E-state index in [1.807, 2.05) is 25.3 Å². The fourth-order valence-corrected chi connectivity index (χ4v) is 1.83. The Morgan fingerprint density at radius 1 is 1.56 bits per heavy atom. The van der Waals surface area contributed by atoms with E-state index >= 15 is 0 Å². The number of esters is 1. The molecule has 1 rings (SSSR count). The largest absolute Gasteiger partial charge is 0.465 e. The number of ether oxygens (including phenoxy) is 1. The van der Waals surface area contributed by atoms with Gasteiger partial charge in [0.15, 0.2) is 5.17 Å². The predicted molar refractivity (Wildman–Crippen MR) is 67.4 cm³/mol. The normalized spacial score (nSPS) is 18.8. The minimum absolute atomic E-state index is 0.169. The Bertz CT molecular complexity index is 305. The first kappa shape index (κ1) is 13.1. The Morgan fingerprint density at radius 2 is 2.19 bits per heavy atom. The predicted octanol–water partition coefficient (Wildman–Crippen LogP) is 1.56. The molecule has 0 aliphatic heterocycles. The molecule has 0 unspecified atom stereocenters. The van der Waals surface area contributed by atoms with Crippen LogP contribution < -0.4 is 5.73 Å². The van der Waals surface area contributed by atoms with E-state index in [2.05, 4.69) is 4.99 Å². The molecule has 90 valence electrons. The standard InChI is InChI=1S/C11H18N2O2S/c1-3-15-9(14)11(6-4-5-7-11)8-13-10(12)16-2/h4-5H,3,6-8H2,1-2H3,(H2,12,13). The fraction of sp³-hybridized carbons (Fsp3) is 0.636. The molecule has 5 heteroatoms. The van der Waals surface area contributed by atoms with E-state index in [-0.39, 0.29) is 5.97 Å². The Labute approximate surface area is 100 Å². The zero-order valence-electron chi connectivity index (χ0n) is 9.73. The van der Waals surface area contributed by atoms with Crippen molar-refractivity contribution < 1.29 is 9.53 Å². The lowest BCUT2D eigenvalue weighted by molar-refractivity contribution is -0.154. The van der Waals surface area contributed by atoms with Gasteiger partial charge in [-0.3, -0.25) is 9.79 Å². The molecule has 0 atom stereocenters. The maximum Gasteiger partial charge on any atom is 0.314 e. The van der Waals surface area contributed by atoms with Gasteiger partial charge >= 0.3 is 5.97 Å². The van der Waals surface area contributed by atoms with Crippen molar-refractivity contribution in [2.24, 2.45) is 16.1 Å². The summed E-state index contributed by atoms with van der Waals surface area (Å²) < 4.78 is 5.10. The van der Waals surface area contributed by atoms with Crippen molar-refractivity contribution in [2.45, 2.75) is 19.8 Å². The van der Waals surface area contributed by atoms with Crippen LogP contribution in [0.1, 0.15) is 19.8 Å². The van der Waals surface area contributed by atoms with Gasteiger partial charge in [0.25, 0.3) is 0 Å². The van der Waals surface area contributed by atoms with E-state index in [0.29, 0.717) is 31.2 Å². The third-order valence-corrected chi connectivity index (χ3v) is 3.19. The van der Waals surface area contributed by atoms with Gasteiger partial charge in [0, 0.05) is 0 Å². The molecule has 16 heavy (non-hydrogen) atoms. The third kappa shape index (κ3) is 3.01. The van der Waals surface area contributed by atoms with Crippen molar-refractivity contribution in [3.8, 4) is 0 Å². The lowest BCUT2D eigenvalue weighted by Crippen LogP contribution is -2.34. The number of aliphatic imine (C=N–C) groups is 1. The highest BCUT2D eigenvalue weighted by molar-refractivity contribution is 8.13. The van der Waals surface area contributed by atoms with Gasteiger partial charge in [-0.05, 0) is 26.0 Å². The number of carbonyl (C=O) groups is 1. The van der Waals surface area contributed by atoms with Crippen LogP contribution >= 0.6 is 11.8 Å². The lowest BCUT2D eigenvalue weighted by atomic mass is 9.85. The van der Waals surface area contributed by atoms with Crippen molar-refractivity contribution in [1.82, 2.24) is 0 Å². The fourth-order valence-electron chi connectivity index (χ4n) is 1.64. The van der Waals surface area contributed by atoms with Crippen LogP contribution in [0.2, 0.25) is 0 Å². The van der Waals surface area contributed by atoms with Crippen molar-refractivity contribution in [2.75, 3.05) is 19.4 Å². The molecular weight excluding hydrogens is 224 g/mol. The second kappa shape index (κ2) is 5.94.